The number of halogens is 2. The first-order valence-corrected chi connectivity index (χ1v) is 5.37. The number of hydrogen-bond acceptors (Lipinski definition) is 4. The van der Waals surface area contributed by atoms with E-state index in [1.165, 1.54) is 0 Å². The van der Waals surface area contributed by atoms with Crippen molar-refractivity contribution in [2.75, 3.05) is 11.9 Å². The molecule has 18 heavy (non-hydrogen) atoms. The molecular formula is C11H17Cl2N3O2. The van der Waals surface area contributed by atoms with Crippen LogP contribution in [0.4, 0.5) is 5.82 Å². The second-order valence-corrected chi connectivity index (χ2v) is 3.76. The normalized spacial score (nSPS) is 21.6. The molecule has 1 fully saturated rings. The predicted molar refractivity (Wildman–Crippen MR) is 74.3 cm³/mol. The third-order valence-electron chi connectivity index (χ3n) is 2.58. The Bertz CT molecular complexity index is 365. The smallest absolute Gasteiger partial charge is 0.254 e. The van der Waals surface area contributed by atoms with E-state index in [9.17, 15) is 4.79 Å². The minimum absolute atomic E-state index is 0. The van der Waals surface area contributed by atoms with Gasteiger partial charge in [-0.25, -0.2) is 4.98 Å². The standard InChI is InChI=1S/C11H15N3O2.2ClH/c12-7-8-4-5-9(16-8)11(15)14-10-3-1-2-6-13-10;;/h1-3,6,8-9H,4-5,7,12H2,(H,13,14,15);2*1H/t8-,9+;;/m1../s1. The molecule has 0 spiro atoms. The van der Waals surface area contributed by atoms with E-state index in [1.807, 2.05) is 6.07 Å². The fraction of sp³-hybridized carbons (Fsp3) is 0.455. The van der Waals surface area contributed by atoms with E-state index in [-0.39, 0.29) is 36.8 Å². The number of nitrogens with two attached hydrogens (primary N) is 1. The molecule has 0 bridgehead atoms. The zero-order valence-electron chi connectivity index (χ0n) is 9.74. The number of rotatable bonds is 3. The Hall–Kier alpha value is -0.880. The molecule has 7 heteroatoms. The van der Waals surface area contributed by atoms with Crippen LogP contribution < -0.4 is 11.1 Å². The largest absolute Gasteiger partial charge is 0.364 e. The van der Waals surface area contributed by atoms with E-state index in [0.717, 1.165) is 12.8 Å². The second-order valence-electron chi connectivity index (χ2n) is 3.76. The monoisotopic (exact) mass is 293 g/mol. The molecule has 1 aliphatic rings. The first-order valence-electron chi connectivity index (χ1n) is 5.37. The summed E-state index contributed by atoms with van der Waals surface area (Å²) in [5.74, 6) is 0.405. The Morgan fingerprint density at radius 2 is 2.22 bits per heavy atom. The summed E-state index contributed by atoms with van der Waals surface area (Å²) in [6.07, 6.45) is 2.82. The SMILES string of the molecule is Cl.Cl.NC[C@H]1CC[C@@H](C(=O)Nc2ccccn2)O1. The van der Waals surface area contributed by atoms with Gasteiger partial charge in [0.2, 0.25) is 0 Å². The van der Waals surface area contributed by atoms with Crippen LogP contribution in [0.1, 0.15) is 12.8 Å². The molecule has 0 unspecified atom stereocenters. The van der Waals surface area contributed by atoms with Crippen molar-refractivity contribution in [3.63, 3.8) is 0 Å². The van der Waals surface area contributed by atoms with Gasteiger partial charge in [0.15, 0.2) is 0 Å². The number of anilines is 1. The molecule has 2 rings (SSSR count). The summed E-state index contributed by atoms with van der Waals surface area (Å²) in [6.45, 7) is 0.466. The molecule has 0 saturated carbocycles. The van der Waals surface area contributed by atoms with Gasteiger partial charge in [-0.1, -0.05) is 6.07 Å². The van der Waals surface area contributed by atoms with Gasteiger partial charge in [-0.05, 0) is 25.0 Å². The second kappa shape index (κ2) is 8.26. The molecule has 2 atom stereocenters. The van der Waals surface area contributed by atoms with Crippen molar-refractivity contribution in [1.29, 1.82) is 0 Å². The van der Waals surface area contributed by atoms with Crippen LogP contribution in [0.5, 0.6) is 0 Å². The lowest BCUT2D eigenvalue weighted by atomic mass is 10.2. The number of amides is 1. The molecule has 1 amide bonds. The van der Waals surface area contributed by atoms with Gasteiger partial charge in [0.25, 0.3) is 5.91 Å². The molecule has 1 saturated heterocycles. The van der Waals surface area contributed by atoms with Crippen molar-refractivity contribution in [3.05, 3.63) is 24.4 Å². The zero-order chi connectivity index (χ0) is 11.4. The summed E-state index contributed by atoms with van der Waals surface area (Å²) in [5, 5.41) is 2.71. The number of nitrogens with one attached hydrogen (secondary N) is 1. The van der Waals surface area contributed by atoms with Crippen LogP contribution in [0.25, 0.3) is 0 Å². The first kappa shape index (κ1) is 17.1. The number of nitrogens with zero attached hydrogens (tertiary/aromatic N) is 1. The van der Waals surface area contributed by atoms with Gasteiger partial charge in [0, 0.05) is 12.7 Å². The number of carbonyl (C=O) groups is 1. The predicted octanol–water partition coefficient (Wildman–Crippen LogP) is 1.37. The van der Waals surface area contributed by atoms with Crippen molar-refractivity contribution in [2.24, 2.45) is 5.73 Å². The van der Waals surface area contributed by atoms with E-state index in [1.54, 1.807) is 18.3 Å². The molecular weight excluding hydrogens is 277 g/mol. The number of aromatic nitrogens is 1. The third-order valence-corrected chi connectivity index (χ3v) is 2.58. The molecule has 0 radical (unpaired) electrons. The molecule has 1 aromatic rings. The van der Waals surface area contributed by atoms with Crippen LogP contribution in [0, 0.1) is 0 Å². The van der Waals surface area contributed by atoms with Gasteiger partial charge < -0.3 is 15.8 Å². The Morgan fingerprint density at radius 3 is 2.78 bits per heavy atom. The van der Waals surface area contributed by atoms with Gasteiger partial charge in [-0.3, -0.25) is 4.79 Å². The topological polar surface area (TPSA) is 77.2 Å². The molecule has 2 heterocycles. The molecule has 102 valence electrons. The third kappa shape index (κ3) is 4.42. The maximum atomic E-state index is 11.8. The fourth-order valence-electron chi connectivity index (χ4n) is 1.72. The lowest BCUT2D eigenvalue weighted by Gasteiger charge is -2.11. The molecule has 1 aromatic heterocycles. The molecule has 3 N–H and O–H groups in total. The van der Waals surface area contributed by atoms with Crippen molar-refractivity contribution in [2.45, 2.75) is 25.0 Å². The number of carbonyl (C=O) groups excluding carboxylic acids is 1. The van der Waals surface area contributed by atoms with E-state index < -0.39 is 6.10 Å². The summed E-state index contributed by atoms with van der Waals surface area (Å²) in [4.78, 5) is 15.8. The summed E-state index contributed by atoms with van der Waals surface area (Å²) in [7, 11) is 0. The first-order chi connectivity index (χ1) is 7.79. The molecule has 5 nitrogen and oxygen atoms in total. The van der Waals surface area contributed by atoms with Crippen LogP contribution in [0.2, 0.25) is 0 Å². The van der Waals surface area contributed by atoms with Crippen LogP contribution in [0.15, 0.2) is 24.4 Å². The number of pyridine rings is 1. The van der Waals surface area contributed by atoms with Gasteiger partial charge in [-0.15, -0.1) is 24.8 Å². The lowest BCUT2D eigenvalue weighted by molar-refractivity contribution is -0.126. The quantitative estimate of drug-likeness (QED) is 0.882. The maximum absolute atomic E-state index is 11.8. The Labute approximate surface area is 118 Å². The van der Waals surface area contributed by atoms with E-state index in [0.29, 0.717) is 12.4 Å². The minimum Gasteiger partial charge on any atom is -0.364 e. The van der Waals surface area contributed by atoms with Crippen molar-refractivity contribution in [3.8, 4) is 0 Å². The lowest BCUT2D eigenvalue weighted by Crippen LogP contribution is -2.30. The molecule has 0 aliphatic carbocycles. The summed E-state index contributed by atoms with van der Waals surface area (Å²) < 4.78 is 5.48. The van der Waals surface area contributed by atoms with Crippen molar-refractivity contribution in [1.82, 2.24) is 4.98 Å². The van der Waals surface area contributed by atoms with Gasteiger partial charge in [0.1, 0.15) is 11.9 Å². The van der Waals surface area contributed by atoms with Gasteiger partial charge >= 0.3 is 0 Å². The Balaban J connectivity index is 0.00000144. The summed E-state index contributed by atoms with van der Waals surface area (Å²) >= 11 is 0. The average molecular weight is 294 g/mol. The highest BCUT2D eigenvalue weighted by Gasteiger charge is 2.29. The highest BCUT2D eigenvalue weighted by molar-refractivity contribution is 5.93. The summed E-state index contributed by atoms with van der Waals surface area (Å²) in [6, 6.07) is 5.36. The summed E-state index contributed by atoms with van der Waals surface area (Å²) in [5.41, 5.74) is 5.48. The van der Waals surface area contributed by atoms with Gasteiger partial charge in [0.05, 0.1) is 6.10 Å². The number of ether oxygens (including phenoxy) is 1. The van der Waals surface area contributed by atoms with E-state index in [2.05, 4.69) is 10.3 Å². The molecule has 0 aromatic carbocycles. The van der Waals surface area contributed by atoms with Gasteiger partial charge in [-0.2, -0.15) is 0 Å². The average Bonchev–Trinajstić information content (AvgIpc) is 2.79. The van der Waals surface area contributed by atoms with Crippen LogP contribution >= 0.6 is 24.8 Å². The van der Waals surface area contributed by atoms with Crippen molar-refractivity contribution >= 4 is 36.5 Å². The Morgan fingerprint density at radius 1 is 1.44 bits per heavy atom. The highest BCUT2D eigenvalue weighted by atomic mass is 35.5. The van der Waals surface area contributed by atoms with Crippen LogP contribution in [-0.4, -0.2) is 29.6 Å². The fourth-order valence-corrected chi connectivity index (χ4v) is 1.72. The van der Waals surface area contributed by atoms with E-state index >= 15 is 0 Å². The number of hydrogen-bond donors (Lipinski definition) is 2. The van der Waals surface area contributed by atoms with E-state index in [4.69, 9.17) is 10.5 Å². The van der Waals surface area contributed by atoms with Crippen LogP contribution in [0.3, 0.4) is 0 Å². The minimum atomic E-state index is -0.393. The molecule has 1 aliphatic heterocycles. The Kier molecular flexibility index (Phi) is 7.86. The van der Waals surface area contributed by atoms with Crippen molar-refractivity contribution < 1.29 is 9.53 Å². The maximum Gasteiger partial charge on any atom is 0.254 e. The van der Waals surface area contributed by atoms with Crippen LogP contribution in [-0.2, 0) is 9.53 Å². The highest BCUT2D eigenvalue weighted by Crippen LogP contribution is 2.19. The zero-order valence-corrected chi connectivity index (χ0v) is 11.4.